The highest BCUT2D eigenvalue weighted by Crippen LogP contribution is 2.33. The molecule has 16 heavy (non-hydrogen) atoms. The topological polar surface area (TPSA) is 66.6 Å². The summed E-state index contributed by atoms with van der Waals surface area (Å²) in [6, 6.07) is 3.10. The molecule has 4 nitrogen and oxygen atoms in total. The highest BCUT2D eigenvalue weighted by molar-refractivity contribution is 6.33. The zero-order valence-electron chi connectivity index (χ0n) is 8.90. The van der Waals surface area contributed by atoms with Gasteiger partial charge in [-0.1, -0.05) is 11.6 Å². The van der Waals surface area contributed by atoms with Gasteiger partial charge in [0.1, 0.15) is 0 Å². The minimum Gasteiger partial charge on any atom is -0.397 e. The van der Waals surface area contributed by atoms with Crippen LogP contribution in [0.3, 0.4) is 0 Å². The van der Waals surface area contributed by atoms with E-state index in [9.17, 15) is 4.79 Å². The third-order valence-corrected chi connectivity index (χ3v) is 3.25. The Morgan fingerprint density at radius 3 is 2.94 bits per heavy atom. The molecular formula is C11H13ClN2O2. The molecule has 86 valence electrons. The maximum absolute atomic E-state index is 12.0. The van der Waals surface area contributed by atoms with E-state index >= 15 is 0 Å². The summed E-state index contributed by atoms with van der Waals surface area (Å²) in [6.07, 6.45) is 0. The van der Waals surface area contributed by atoms with Crippen molar-refractivity contribution >= 4 is 23.2 Å². The Labute approximate surface area is 98.6 Å². The molecular weight excluding hydrogens is 228 g/mol. The van der Waals surface area contributed by atoms with Crippen molar-refractivity contribution in [2.75, 3.05) is 12.3 Å². The quantitative estimate of drug-likeness (QED) is 0.765. The van der Waals surface area contributed by atoms with Crippen molar-refractivity contribution in [1.29, 1.82) is 0 Å². The predicted octanol–water partition coefficient (Wildman–Crippen LogP) is 1.26. The SMILES string of the molecule is C[C@H](CO)N1Cc2c(ccc(Cl)c2N)C1=O. The number of aliphatic hydroxyl groups excluding tert-OH is 1. The number of carbonyl (C=O) groups excluding carboxylic acids is 1. The molecule has 0 saturated heterocycles. The Morgan fingerprint density at radius 2 is 2.31 bits per heavy atom. The number of anilines is 1. The summed E-state index contributed by atoms with van der Waals surface area (Å²) in [5, 5.41) is 9.53. The van der Waals surface area contributed by atoms with Crippen LogP contribution in [0.2, 0.25) is 5.02 Å². The molecule has 0 radical (unpaired) electrons. The molecule has 0 aromatic heterocycles. The normalized spacial score (nSPS) is 16.4. The summed E-state index contributed by atoms with van der Waals surface area (Å²) in [5.41, 5.74) is 7.63. The van der Waals surface area contributed by atoms with Gasteiger partial charge in [-0.25, -0.2) is 0 Å². The fourth-order valence-electron chi connectivity index (χ4n) is 1.86. The van der Waals surface area contributed by atoms with Gasteiger partial charge < -0.3 is 15.7 Å². The fraction of sp³-hybridized carbons (Fsp3) is 0.364. The van der Waals surface area contributed by atoms with E-state index in [1.54, 1.807) is 24.0 Å². The van der Waals surface area contributed by atoms with E-state index in [1.807, 2.05) is 0 Å². The van der Waals surface area contributed by atoms with Gasteiger partial charge in [-0.3, -0.25) is 4.79 Å². The summed E-state index contributed by atoms with van der Waals surface area (Å²) in [5.74, 6) is -0.0973. The van der Waals surface area contributed by atoms with Crippen LogP contribution in [0, 0.1) is 0 Å². The molecule has 0 spiro atoms. The monoisotopic (exact) mass is 240 g/mol. The van der Waals surface area contributed by atoms with Crippen molar-refractivity contribution in [1.82, 2.24) is 4.90 Å². The number of hydrogen-bond acceptors (Lipinski definition) is 3. The Kier molecular flexibility index (Phi) is 2.78. The van der Waals surface area contributed by atoms with Crippen molar-refractivity contribution in [3.63, 3.8) is 0 Å². The second kappa shape index (κ2) is 3.96. The molecule has 1 aromatic carbocycles. The van der Waals surface area contributed by atoms with Gasteiger partial charge in [0.25, 0.3) is 5.91 Å². The molecule has 3 N–H and O–H groups in total. The van der Waals surface area contributed by atoms with Crippen LogP contribution in [0.4, 0.5) is 5.69 Å². The fourth-order valence-corrected chi connectivity index (χ4v) is 2.04. The van der Waals surface area contributed by atoms with Crippen LogP contribution in [0.25, 0.3) is 0 Å². The van der Waals surface area contributed by atoms with Crippen LogP contribution in [-0.4, -0.2) is 28.6 Å². The molecule has 1 aliphatic rings. The number of hydrogen-bond donors (Lipinski definition) is 2. The lowest BCUT2D eigenvalue weighted by molar-refractivity contribution is 0.0644. The molecule has 1 atom stereocenters. The van der Waals surface area contributed by atoms with Crippen molar-refractivity contribution in [2.24, 2.45) is 0 Å². The van der Waals surface area contributed by atoms with Gasteiger partial charge in [-0.15, -0.1) is 0 Å². The van der Waals surface area contributed by atoms with Crippen LogP contribution in [0.1, 0.15) is 22.8 Å². The number of carbonyl (C=O) groups is 1. The largest absolute Gasteiger partial charge is 0.397 e. The van der Waals surface area contributed by atoms with Gasteiger partial charge in [-0.2, -0.15) is 0 Å². The minimum atomic E-state index is -0.210. The molecule has 0 unspecified atom stereocenters. The number of halogens is 1. The Balaban J connectivity index is 2.42. The first-order chi connectivity index (χ1) is 7.56. The van der Waals surface area contributed by atoms with E-state index < -0.39 is 0 Å². The number of nitrogens with two attached hydrogens (primary N) is 1. The van der Waals surface area contributed by atoms with Gasteiger partial charge in [0.15, 0.2) is 0 Å². The van der Waals surface area contributed by atoms with Crippen LogP contribution < -0.4 is 5.73 Å². The van der Waals surface area contributed by atoms with Gasteiger partial charge in [0.2, 0.25) is 0 Å². The van der Waals surface area contributed by atoms with Crippen LogP contribution in [-0.2, 0) is 6.54 Å². The first-order valence-corrected chi connectivity index (χ1v) is 5.42. The number of amides is 1. The second-order valence-corrected chi connectivity index (χ2v) is 4.36. The third kappa shape index (κ3) is 1.54. The van der Waals surface area contributed by atoms with E-state index in [0.29, 0.717) is 22.8 Å². The molecule has 0 fully saturated rings. The summed E-state index contributed by atoms with van der Waals surface area (Å²) >= 11 is 5.90. The lowest BCUT2D eigenvalue weighted by atomic mass is 10.1. The standard InChI is InChI=1S/C11H13ClN2O2/c1-6(5-15)14-4-8-7(11(14)16)2-3-9(12)10(8)13/h2-3,6,15H,4-5,13H2,1H3/t6-/m1/s1. The smallest absolute Gasteiger partial charge is 0.254 e. The average molecular weight is 241 g/mol. The van der Waals surface area contributed by atoms with Crippen LogP contribution in [0.5, 0.6) is 0 Å². The second-order valence-electron chi connectivity index (χ2n) is 3.95. The van der Waals surface area contributed by atoms with Crippen molar-refractivity contribution in [3.8, 4) is 0 Å². The molecule has 2 rings (SSSR count). The summed E-state index contributed by atoms with van der Waals surface area (Å²) in [7, 11) is 0. The molecule has 1 aromatic rings. The first kappa shape index (κ1) is 11.2. The number of rotatable bonds is 2. The zero-order valence-corrected chi connectivity index (χ0v) is 9.66. The van der Waals surface area contributed by atoms with E-state index in [0.717, 1.165) is 5.56 Å². The zero-order chi connectivity index (χ0) is 11.9. The maximum atomic E-state index is 12.0. The molecule has 0 aliphatic carbocycles. The minimum absolute atomic E-state index is 0.0621. The number of benzene rings is 1. The number of fused-ring (bicyclic) bond motifs is 1. The molecule has 0 saturated carbocycles. The predicted molar refractivity (Wildman–Crippen MR) is 62.3 cm³/mol. The van der Waals surface area contributed by atoms with Gasteiger partial charge >= 0.3 is 0 Å². The highest BCUT2D eigenvalue weighted by atomic mass is 35.5. The Morgan fingerprint density at radius 1 is 1.62 bits per heavy atom. The van der Waals surface area contributed by atoms with E-state index in [4.69, 9.17) is 22.4 Å². The lowest BCUT2D eigenvalue weighted by Crippen LogP contribution is -2.35. The molecule has 1 heterocycles. The Hall–Kier alpha value is -1.26. The van der Waals surface area contributed by atoms with Gasteiger partial charge in [0, 0.05) is 17.7 Å². The molecule has 0 bridgehead atoms. The maximum Gasteiger partial charge on any atom is 0.254 e. The van der Waals surface area contributed by atoms with Crippen LogP contribution in [0.15, 0.2) is 12.1 Å². The number of nitrogen functional groups attached to an aromatic ring is 1. The highest BCUT2D eigenvalue weighted by Gasteiger charge is 2.32. The first-order valence-electron chi connectivity index (χ1n) is 5.05. The van der Waals surface area contributed by atoms with Crippen LogP contribution >= 0.6 is 11.6 Å². The van der Waals surface area contributed by atoms with Gasteiger partial charge in [-0.05, 0) is 19.1 Å². The third-order valence-electron chi connectivity index (χ3n) is 2.92. The summed E-state index contributed by atoms with van der Waals surface area (Å²) in [4.78, 5) is 13.6. The van der Waals surface area contributed by atoms with Crippen molar-refractivity contribution < 1.29 is 9.90 Å². The van der Waals surface area contributed by atoms with Crippen molar-refractivity contribution in [2.45, 2.75) is 19.5 Å². The number of aliphatic hydroxyl groups is 1. The molecule has 1 aliphatic heterocycles. The molecule has 5 heteroatoms. The van der Waals surface area contributed by atoms with E-state index in [-0.39, 0.29) is 18.6 Å². The van der Waals surface area contributed by atoms with Gasteiger partial charge in [0.05, 0.1) is 23.4 Å². The molecule has 1 amide bonds. The summed E-state index contributed by atoms with van der Waals surface area (Å²) < 4.78 is 0. The Bertz CT molecular complexity index is 448. The van der Waals surface area contributed by atoms with Crippen molar-refractivity contribution in [3.05, 3.63) is 28.3 Å². The lowest BCUT2D eigenvalue weighted by Gasteiger charge is -2.21. The summed E-state index contributed by atoms with van der Waals surface area (Å²) in [6.45, 7) is 2.15. The average Bonchev–Trinajstić information content (AvgIpc) is 2.61. The van der Waals surface area contributed by atoms with E-state index in [1.165, 1.54) is 0 Å². The van der Waals surface area contributed by atoms with E-state index in [2.05, 4.69) is 0 Å². The number of nitrogens with zero attached hydrogens (tertiary/aromatic N) is 1.